The van der Waals surface area contributed by atoms with Crippen LogP contribution in [0.25, 0.3) is 0 Å². The summed E-state index contributed by atoms with van der Waals surface area (Å²) in [5, 5.41) is 8.60. The molecule has 0 unspecified atom stereocenters. The molecule has 0 aliphatic rings. The number of anilines is 2. The Morgan fingerprint density at radius 2 is 2.12 bits per heavy atom. The van der Waals surface area contributed by atoms with Gasteiger partial charge in [0.2, 0.25) is 0 Å². The Morgan fingerprint density at radius 1 is 1.47 bits per heavy atom. The molecule has 94 valence electrons. The average Bonchev–Trinajstić information content (AvgIpc) is 2.25. The summed E-state index contributed by atoms with van der Waals surface area (Å²) < 4.78 is 43.4. The zero-order valence-corrected chi connectivity index (χ0v) is 12.4. The number of alkyl halides is 3. The van der Waals surface area contributed by atoms with Crippen molar-refractivity contribution in [2.24, 2.45) is 0 Å². The van der Waals surface area contributed by atoms with E-state index in [2.05, 4.69) is 3.64 Å². The van der Waals surface area contributed by atoms with Crippen molar-refractivity contribution >= 4 is 34.2 Å². The second-order valence-electron chi connectivity index (χ2n) is 2.81. The molecule has 0 amide bonds. The first-order valence-electron chi connectivity index (χ1n) is 4.06. The van der Waals surface area contributed by atoms with Crippen LogP contribution in [0.3, 0.4) is 0 Å². The molecular formula is C8H6F3I2N4-. The molecule has 17 heavy (non-hydrogen) atoms. The van der Waals surface area contributed by atoms with E-state index in [9.17, 15) is 13.2 Å². The topological polar surface area (TPSA) is 65.1 Å². The number of nitrogens with two attached hydrogens (primary N) is 1. The van der Waals surface area contributed by atoms with E-state index >= 15 is 0 Å². The number of nitrogens with one attached hydrogen (secondary N) is 1. The van der Waals surface area contributed by atoms with Gasteiger partial charge in [0.1, 0.15) is 0 Å². The molecule has 0 aliphatic heterocycles. The monoisotopic (exact) mass is 469 g/mol. The van der Waals surface area contributed by atoms with Crippen LogP contribution in [0, 0.1) is 9.34 Å². The van der Waals surface area contributed by atoms with Crippen molar-refractivity contribution in [3.8, 4) is 4.08 Å². The van der Waals surface area contributed by atoms with Crippen LogP contribution in [0.1, 0.15) is 5.56 Å². The molecule has 4 nitrogen and oxygen atoms in total. The van der Waals surface area contributed by atoms with Crippen molar-refractivity contribution in [1.29, 1.82) is 5.26 Å². The number of nitrogens with zero attached hydrogens (tertiary/aromatic N) is 2. The summed E-state index contributed by atoms with van der Waals surface area (Å²) in [6.07, 6.45) is -4.43. The predicted molar refractivity (Wildman–Crippen MR) is 61.1 cm³/mol. The third-order valence-electron chi connectivity index (χ3n) is 1.77. The SMILES string of the molecule is N#C[I-]N(NI)c1cc(C(F)(F)F)ccc1N. The summed E-state index contributed by atoms with van der Waals surface area (Å²) >= 11 is 0.631. The zero-order chi connectivity index (χ0) is 13.1. The van der Waals surface area contributed by atoms with Crippen LogP contribution in [0.2, 0.25) is 0 Å². The van der Waals surface area contributed by atoms with Crippen LogP contribution in [-0.4, -0.2) is 0 Å². The third-order valence-corrected chi connectivity index (χ3v) is 4.63. The maximum atomic E-state index is 12.5. The quantitative estimate of drug-likeness (QED) is 0.270. The summed E-state index contributed by atoms with van der Waals surface area (Å²) in [7, 11) is 0. The standard InChI is InChI=1S/C8H6F3I2N4/c9-8(10,11)5-1-2-6(15)7(3-5)17(16-12)13-4-14/h1-3,16H,15H2/q-1. The van der Waals surface area contributed by atoms with Gasteiger partial charge >= 0.3 is 121 Å². The molecule has 0 aromatic heterocycles. The molecular weight excluding hydrogens is 463 g/mol. The normalized spacial score (nSPS) is 11.2. The number of nitriles is 1. The van der Waals surface area contributed by atoms with Crippen molar-refractivity contribution in [1.82, 2.24) is 3.64 Å². The number of hydrazine groups is 1. The summed E-state index contributed by atoms with van der Waals surface area (Å²) in [6, 6.07) is 3.02. The fourth-order valence-electron chi connectivity index (χ4n) is 1.03. The average molecular weight is 469 g/mol. The van der Waals surface area contributed by atoms with E-state index in [4.69, 9.17) is 11.0 Å². The van der Waals surface area contributed by atoms with Crippen molar-refractivity contribution in [2.75, 3.05) is 8.96 Å². The Bertz CT molecular complexity index is 443. The van der Waals surface area contributed by atoms with Crippen LogP contribution in [0.4, 0.5) is 24.5 Å². The first kappa shape index (κ1) is 14.6. The Labute approximate surface area is 120 Å². The van der Waals surface area contributed by atoms with Gasteiger partial charge in [-0.1, -0.05) is 0 Å². The van der Waals surface area contributed by atoms with Gasteiger partial charge < -0.3 is 0 Å². The molecule has 3 N–H and O–H groups in total. The predicted octanol–water partition coefficient (Wildman–Crippen LogP) is -0.566. The second-order valence-corrected chi connectivity index (χ2v) is 5.22. The van der Waals surface area contributed by atoms with Crippen LogP contribution in [0.5, 0.6) is 0 Å². The Balaban J connectivity index is 3.19. The van der Waals surface area contributed by atoms with E-state index in [0.29, 0.717) is 0 Å². The van der Waals surface area contributed by atoms with Crippen LogP contribution < -0.4 is 34.1 Å². The number of hydrogen-bond donors (Lipinski definition) is 2. The van der Waals surface area contributed by atoms with Crippen molar-refractivity contribution in [3.63, 3.8) is 0 Å². The molecule has 0 atom stereocenters. The van der Waals surface area contributed by atoms with Gasteiger partial charge in [0.15, 0.2) is 0 Å². The van der Waals surface area contributed by atoms with Crippen molar-refractivity contribution in [2.45, 2.75) is 6.18 Å². The molecule has 0 bridgehead atoms. The minimum atomic E-state index is -4.43. The van der Waals surface area contributed by atoms with E-state index in [1.807, 2.05) is 4.08 Å². The van der Waals surface area contributed by atoms with E-state index in [1.165, 1.54) is 9.29 Å². The van der Waals surface area contributed by atoms with Gasteiger partial charge in [-0.25, -0.2) is 0 Å². The Hall–Kier alpha value is -0.480. The molecule has 0 fully saturated rings. The first-order chi connectivity index (χ1) is 7.90. The number of halogens is 5. The summed E-state index contributed by atoms with van der Waals surface area (Å²) in [5.41, 5.74) is 5.17. The molecule has 0 heterocycles. The van der Waals surface area contributed by atoms with Gasteiger partial charge in [0, 0.05) is 0 Å². The Kier molecular flexibility index (Phi) is 5.07. The van der Waals surface area contributed by atoms with E-state index < -0.39 is 33.2 Å². The van der Waals surface area contributed by atoms with Gasteiger partial charge in [0.25, 0.3) is 0 Å². The number of benzene rings is 1. The van der Waals surface area contributed by atoms with Crippen LogP contribution >= 0.6 is 22.9 Å². The van der Waals surface area contributed by atoms with Gasteiger partial charge in [-0.2, -0.15) is 0 Å². The number of nitrogen functional groups attached to an aromatic ring is 1. The molecule has 1 rings (SSSR count). The molecule has 1 aromatic rings. The van der Waals surface area contributed by atoms with E-state index in [-0.39, 0.29) is 11.4 Å². The van der Waals surface area contributed by atoms with Crippen LogP contribution in [-0.2, 0) is 6.18 Å². The first-order valence-corrected chi connectivity index (χ1v) is 7.18. The molecule has 0 radical (unpaired) electrons. The van der Waals surface area contributed by atoms with Crippen molar-refractivity contribution in [3.05, 3.63) is 23.8 Å². The van der Waals surface area contributed by atoms with E-state index in [0.717, 1.165) is 12.1 Å². The summed E-state index contributed by atoms with van der Waals surface area (Å²) in [5.74, 6) is 0. The maximum absolute atomic E-state index is 12.5. The summed E-state index contributed by atoms with van der Waals surface area (Å²) in [4.78, 5) is 0. The zero-order valence-electron chi connectivity index (χ0n) is 8.09. The van der Waals surface area contributed by atoms with Gasteiger partial charge in [-0.3, -0.25) is 0 Å². The molecule has 9 heteroatoms. The number of hydrogen-bond acceptors (Lipinski definition) is 4. The van der Waals surface area contributed by atoms with Gasteiger partial charge in [-0.15, -0.1) is 0 Å². The third kappa shape index (κ3) is 3.75. The molecule has 0 aliphatic carbocycles. The second kappa shape index (κ2) is 5.91. The number of rotatable bonds is 3. The Morgan fingerprint density at radius 3 is 2.59 bits per heavy atom. The van der Waals surface area contributed by atoms with Gasteiger partial charge in [-0.05, 0) is 0 Å². The van der Waals surface area contributed by atoms with Crippen LogP contribution in [0.15, 0.2) is 18.2 Å². The molecule has 0 saturated carbocycles. The van der Waals surface area contributed by atoms with E-state index in [1.54, 1.807) is 22.9 Å². The molecule has 0 spiro atoms. The molecule has 0 saturated heterocycles. The summed E-state index contributed by atoms with van der Waals surface area (Å²) in [6.45, 7) is 0. The molecule has 1 aromatic carbocycles. The van der Waals surface area contributed by atoms with Crippen molar-refractivity contribution < 1.29 is 34.7 Å². The fourth-order valence-corrected chi connectivity index (χ4v) is 2.89. The van der Waals surface area contributed by atoms with Gasteiger partial charge in [0.05, 0.1) is 0 Å². The fraction of sp³-hybridized carbons (Fsp3) is 0.125. The minimum absolute atomic E-state index is 0.170.